The molecule has 1 aliphatic carbocycles. The van der Waals surface area contributed by atoms with Crippen molar-refractivity contribution in [1.82, 2.24) is 5.32 Å². The highest BCUT2D eigenvalue weighted by Gasteiger charge is 2.35. The van der Waals surface area contributed by atoms with Gasteiger partial charge in [0.15, 0.2) is 11.9 Å². The van der Waals surface area contributed by atoms with E-state index in [0.29, 0.717) is 23.4 Å². The fourth-order valence-corrected chi connectivity index (χ4v) is 4.10. The first-order valence-corrected chi connectivity index (χ1v) is 10.6. The molecule has 1 fully saturated rings. The van der Waals surface area contributed by atoms with Crippen molar-refractivity contribution >= 4 is 23.3 Å². The first kappa shape index (κ1) is 20.2. The van der Waals surface area contributed by atoms with Crippen LogP contribution in [-0.4, -0.2) is 36.3 Å². The molecule has 4 rings (SSSR count). The molecule has 2 aromatic rings. The number of nitrogens with one attached hydrogen (secondary N) is 1. The summed E-state index contributed by atoms with van der Waals surface area (Å²) in [7, 11) is 0. The number of anilines is 1. The van der Waals surface area contributed by atoms with Crippen LogP contribution in [0.5, 0.6) is 5.75 Å². The Labute approximate surface area is 175 Å². The molecule has 1 N–H and O–H groups in total. The van der Waals surface area contributed by atoms with Crippen LogP contribution < -0.4 is 15.0 Å². The Morgan fingerprint density at radius 3 is 2.67 bits per heavy atom. The number of amides is 2. The quantitative estimate of drug-likeness (QED) is 0.737. The number of hydrogen-bond donors (Lipinski definition) is 1. The summed E-state index contributed by atoms with van der Waals surface area (Å²) in [6, 6.07) is 8.31. The van der Waals surface area contributed by atoms with Gasteiger partial charge in [0, 0.05) is 11.6 Å². The van der Waals surface area contributed by atoms with Crippen molar-refractivity contribution < 1.29 is 23.5 Å². The SMILES string of the molecule is CCC1Oc2ccc(C(=O)c3ccco3)cc2N(CC(=O)NC2CCCCC2)C1=O. The van der Waals surface area contributed by atoms with Gasteiger partial charge >= 0.3 is 0 Å². The van der Waals surface area contributed by atoms with Crippen LogP contribution in [0.3, 0.4) is 0 Å². The van der Waals surface area contributed by atoms with Crippen molar-refractivity contribution in [2.24, 2.45) is 0 Å². The van der Waals surface area contributed by atoms with E-state index in [2.05, 4.69) is 5.32 Å². The van der Waals surface area contributed by atoms with Gasteiger partial charge < -0.3 is 14.5 Å². The number of benzene rings is 1. The average molecular weight is 410 g/mol. The molecule has 2 aliphatic rings. The first-order chi connectivity index (χ1) is 14.6. The van der Waals surface area contributed by atoms with E-state index in [1.165, 1.54) is 17.6 Å². The number of ketones is 1. The van der Waals surface area contributed by atoms with Gasteiger partial charge in [-0.05, 0) is 49.6 Å². The first-order valence-electron chi connectivity index (χ1n) is 10.6. The summed E-state index contributed by atoms with van der Waals surface area (Å²) < 4.78 is 11.0. The Balaban J connectivity index is 1.59. The molecule has 30 heavy (non-hydrogen) atoms. The van der Waals surface area contributed by atoms with Crippen LogP contribution in [-0.2, 0) is 9.59 Å². The van der Waals surface area contributed by atoms with Crippen LogP contribution >= 0.6 is 0 Å². The van der Waals surface area contributed by atoms with E-state index >= 15 is 0 Å². The predicted octanol–water partition coefficient (Wildman–Crippen LogP) is 3.46. The third-order valence-electron chi connectivity index (χ3n) is 5.71. The molecule has 158 valence electrons. The van der Waals surface area contributed by atoms with Crippen molar-refractivity contribution in [2.75, 3.05) is 11.4 Å². The smallest absolute Gasteiger partial charge is 0.268 e. The van der Waals surface area contributed by atoms with Gasteiger partial charge in [0.1, 0.15) is 12.3 Å². The van der Waals surface area contributed by atoms with Gasteiger partial charge in [-0.2, -0.15) is 0 Å². The lowest BCUT2D eigenvalue weighted by Gasteiger charge is -2.34. The lowest BCUT2D eigenvalue weighted by Crippen LogP contribution is -2.51. The molecule has 0 radical (unpaired) electrons. The molecule has 1 aromatic carbocycles. The molecule has 1 atom stereocenters. The Morgan fingerprint density at radius 1 is 1.17 bits per heavy atom. The molecule has 0 bridgehead atoms. The van der Waals surface area contributed by atoms with Gasteiger partial charge in [-0.1, -0.05) is 26.2 Å². The molecule has 7 nitrogen and oxygen atoms in total. The Kier molecular flexibility index (Phi) is 5.88. The Bertz CT molecular complexity index is 931. The van der Waals surface area contributed by atoms with Gasteiger partial charge in [0.05, 0.1) is 12.0 Å². The molecule has 1 unspecified atom stereocenters. The fraction of sp³-hybridized carbons (Fsp3) is 0.435. The normalized spacial score (nSPS) is 19.2. The van der Waals surface area contributed by atoms with Gasteiger partial charge in [-0.25, -0.2) is 0 Å². The van der Waals surface area contributed by atoms with Crippen LogP contribution in [0.25, 0.3) is 0 Å². The van der Waals surface area contributed by atoms with Crippen LogP contribution in [0, 0.1) is 0 Å². The summed E-state index contributed by atoms with van der Waals surface area (Å²) in [6.07, 6.45) is 6.65. The van der Waals surface area contributed by atoms with E-state index in [-0.39, 0.29) is 35.9 Å². The second-order valence-electron chi connectivity index (χ2n) is 7.83. The molecule has 1 aromatic heterocycles. The highest BCUT2D eigenvalue weighted by molar-refractivity contribution is 6.10. The summed E-state index contributed by atoms with van der Waals surface area (Å²) in [5.41, 5.74) is 0.800. The number of furan rings is 1. The monoisotopic (exact) mass is 410 g/mol. The highest BCUT2D eigenvalue weighted by atomic mass is 16.5. The van der Waals surface area contributed by atoms with Gasteiger partial charge in [0.25, 0.3) is 5.91 Å². The molecule has 1 saturated carbocycles. The van der Waals surface area contributed by atoms with E-state index in [0.717, 1.165) is 25.7 Å². The molecule has 0 spiro atoms. The van der Waals surface area contributed by atoms with Crippen molar-refractivity contribution in [3.8, 4) is 5.75 Å². The summed E-state index contributed by atoms with van der Waals surface area (Å²) in [4.78, 5) is 39.8. The molecular weight excluding hydrogens is 384 g/mol. The second kappa shape index (κ2) is 8.73. The van der Waals surface area contributed by atoms with Crippen LogP contribution in [0.2, 0.25) is 0 Å². The van der Waals surface area contributed by atoms with Gasteiger partial charge in [-0.3, -0.25) is 19.3 Å². The zero-order valence-corrected chi connectivity index (χ0v) is 17.1. The van der Waals surface area contributed by atoms with E-state index in [4.69, 9.17) is 9.15 Å². The minimum atomic E-state index is -0.647. The summed E-state index contributed by atoms with van der Waals surface area (Å²) in [6.45, 7) is 1.77. The molecular formula is C23H26N2O5. The van der Waals surface area contributed by atoms with Crippen LogP contribution in [0.15, 0.2) is 41.0 Å². The third kappa shape index (κ3) is 4.10. The molecule has 2 amide bonds. The molecule has 1 aliphatic heterocycles. The van der Waals surface area contributed by atoms with Crippen LogP contribution in [0.4, 0.5) is 5.69 Å². The number of hydrogen-bond acceptors (Lipinski definition) is 5. The lowest BCUT2D eigenvalue weighted by atomic mass is 9.95. The van der Waals surface area contributed by atoms with E-state index < -0.39 is 6.10 Å². The maximum atomic E-state index is 13.0. The number of fused-ring (bicyclic) bond motifs is 1. The van der Waals surface area contributed by atoms with Crippen molar-refractivity contribution in [2.45, 2.75) is 57.6 Å². The highest BCUT2D eigenvalue weighted by Crippen LogP contribution is 2.36. The van der Waals surface area contributed by atoms with Gasteiger partial charge in [0.2, 0.25) is 11.7 Å². The minimum Gasteiger partial charge on any atom is -0.478 e. The van der Waals surface area contributed by atoms with Crippen molar-refractivity contribution in [1.29, 1.82) is 0 Å². The van der Waals surface area contributed by atoms with Crippen LogP contribution in [0.1, 0.15) is 61.6 Å². The number of rotatable bonds is 6. The third-order valence-corrected chi connectivity index (χ3v) is 5.71. The standard InChI is InChI=1S/C23H26N2O5/c1-2-18-23(28)25(14-21(26)24-16-7-4-3-5-8-16)17-13-15(10-11-19(17)30-18)22(27)20-9-6-12-29-20/h6,9-13,16,18H,2-5,7-8,14H2,1H3,(H,24,26). The maximum absolute atomic E-state index is 13.0. The minimum absolute atomic E-state index is 0.0966. The number of carbonyl (C=O) groups is 3. The summed E-state index contributed by atoms with van der Waals surface area (Å²) in [5.74, 6) is -0.0551. The summed E-state index contributed by atoms with van der Waals surface area (Å²) in [5, 5.41) is 3.05. The molecule has 0 saturated heterocycles. The van der Waals surface area contributed by atoms with E-state index in [1.807, 2.05) is 6.92 Å². The Morgan fingerprint density at radius 2 is 1.97 bits per heavy atom. The molecule has 2 heterocycles. The second-order valence-corrected chi connectivity index (χ2v) is 7.83. The predicted molar refractivity (Wildman–Crippen MR) is 111 cm³/mol. The zero-order valence-electron chi connectivity index (χ0n) is 17.1. The maximum Gasteiger partial charge on any atom is 0.268 e. The van der Waals surface area contributed by atoms with Gasteiger partial charge in [-0.15, -0.1) is 0 Å². The lowest BCUT2D eigenvalue weighted by molar-refractivity contribution is -0.129. The largest absolute Gasteiger partial charge is 0.478 e. The van der Waals surface area contributed by atoms with Crippen molar-refractivity contribution in [3.05, 3.63) is 47.9 Å². The van der Waals surface area contributed by atoms with E-state index in [1.54, 1.807) is 30.3 Å². The number of nitrogens with zero attached hydrogens (tertiary/aromatic N) is 1. The fourth-order valence-electron chi connectivity index (χ4n) is 4.10. The Hall–Kier alpha value is -3.09. The number of carbonyl (C=O) groups excluding carboxylic acids is 3. The summed E-state index contributed by atoms with van der Waals surface area (Å²) >= 11 is 0. The van der Waals surface area contributed by atoms with Crippen molar-refractivity contribution in [3.63, 3.8) is 0 Å². The van der Waals surface area contributed by atoms with E-state index in [9.17, 15) is 14.4 Å². The molecule has 7 heteroatoms. The zero-order chi connectivity index (χ0) is 21.1. The number of ether oxygens (including phenoxy) is 1. The average Bonchev–Trinajstić information content (AvgIpc) is 3.30. The topological polar surface area (TPSA) is 88.8 Å².